The van der Waals surface area contributed by atoms with Gasteiger partial charge in [0.05, 0.1) is 18.8 Å². The first kappa shape index (κ1) is 32.5. The molecule has 242 valence electrons. The van der Waals surface area contributed by atoms with Gasteiger partial charge < -0.3 is 29.8 Å². The van der Waals surface area contributed by atoms with Crippen LogP contribution in [0.15, 0.2) is 121 Å². The van der Waals surface area contributed by atoms with E-state index in [-0.39, 0.29) is 30.8 Å². The molecular formula is C38H40N4O4S. The molecule has 47 heavy (non-hydrogen) atoms. The Morgan fingerprint density at radius 2 is 1.55 bits per heavy atom. The molecule has 2 amide bonds. The molecule has 3 N–H and O–H groups in total. The average molecular weight is 649 g/mol. The highest BCUT2D eigenvalue weighted by Crippen LogP contribution is 2.43. The second-order valence-electron chi connectivity index (χ2n) is 11.8. The van der Waals surface area contributed by atoms with E-state index < -0.39 is 6.29 Å². The molecule has 1 fully saturated rings. The van der Waals surface area contributed by atoms with Crippen LogP contribution in [0.1, 0.15) is 47.1 Å². The number of rotatable bonds is 11. The van der Waals surface area contributed by atoms with Crippen LogP contribution in [0, 0.1) is 5.92 Å². The third kappa shape index (κ3) is 8.12. The lowest BCUT2D eigenvalue weighted by atomic mass is 9.91. The summed E-state index contributed by atoms with van der Waals surface area (Å²) in [6, 6.07) is 34.0. The van der Waals surface area contributed by atoms with Gasteiger partial charge in [-0.1, -0.05) is 122 Å². The summed E-state index contributed by atoms with van der Waals surface area (Å²) in [6.45, 7) is 3.04. The topological polar surface area (TPSA) is 97.6 Å². The Labute approximate surface area is 280 Å². The molecule has 1 aromatic heterocycles. The Bertz CT molecular complexity index is 1740. The van der Waals surface area contributed by atoms with Crippen molar-refractivity contribution in [1.82, 2.24) is 20.2 Å². The third-order valence-electron chi connectivity index (χ3n) is 8.52. The lowest BCUT2D eigenvalue weighted by Crippen LogP contribution is -2.38. The minimum absolute atomic E-state index is 0.00299. The van der Waals surface area contributed by atoms with Gasteiger partial charge in [0.1, 0.15) is 0 Å². The number of aliphatic hydroxyl groups is 1. The summed E-state index contributed by atoms with van der Waals surface area (Å²) < 4.78 is 15.3. The fraction of sp³-hybridized carbons (Fsp3) is 0.263. The highest BCUT2D eigenvalue weighted by Gasteiger charge is 2.38. The van der Waals surface area contributed by atoms with Gasteiger partial charge >= 0.3 is 6.03 Å². The molecule has 4 aromatic carbocycles. The molecule has 4 unspecified atom stereocenters. The number of carbonyl (C=O) groups excluding carboxylic acids is 1. The number of thioether (sulfide) groups is 1. The van der Waals surface area contributed by atoms with Crippen molar-refractivity contribution in [3.05, 3.63) is 143 Å². The summed E-state index contributed by atoms with van der Waals surface area (Å²) in [5.74, 6) is 0.816. The SMILES string of the molecule is CC1C(CSc2nccn2C)OC(c2ccc(-c3ccccc3CNC(=O)NCc3ccccc3)cc2)OC1c1ccc(CO)cc1. The van der Waals surface area contributed by atoms with E-state index in [1.165, 1.54) is 0 Å². The van der Waals surface area contributed by atoms with E-state index in [2.05, 4.69) is 52.9 Å². The number of hydrogen-bond acceptors (Lipinski definition) is 6. The predicted octanol–water partition coefficient (Wildman–Crippen LogP) is 7.16. The lowest BCUT2D eigenvalue weighted by Gasteiger charge is -2.41. The Morgan fingerprint density at radius 1 is 0.851 bits per heavy atom. The Morgan fingerprint density at radius 3 is 2.28 bits per heavy atom. The van der Waals surface area contributed by atoms with Gasteiger partial charge in [0.2, 0.25) is 0 Å². The standard InChI is InChI=1S/C38H40N4O4S/c1-26-34(25-47-38-39-20-21-42(38)2)45-36(46-35(26)30-14-12-28(24-43)13-15-30)31-18-16-29(17-19-31)33-11-7-6-10-32(33)23-41-37(44)40-22-27-8-4-3-5-9-27/h3-21,26,34-36,43H,22-25H2,1-2H3,(H2,40,41,44). The fourth-order valence-corrected chi connectivity index (χ4v) is 6.84. The van der Waals surface area contributed by atoms with Crippen molar-refractivity contribution in [2.45, 2.75) is 50.3 Å². The van der Waals surface area contributed by atoms with Crippen LogP contribution in [-0.2, 0) is 36.2 Å². The number of hydrogen-bond donors (Lipinski definition) is 3. The summed E-state index contributed by atoms with van der Waals surface area (Å²) in [5, 5.41) is 16.4. The van der Waals surface area contributed by atoms with Crippen molar-refractivity contribution in [3.63, 3.8) is 0 Å². The zero-order chi connectivity index (χ0) is 32.6. The zero-order valence-electron chi connectivity index (χ0n) is 26.6. The molecule has 1 saturated heterocycles. The normalized spacial score (nSPS) is 19.3. The molecule has 0 aliphatic carbocycles. The number of aromatic nitrogens is 2. The van der Waals surface area contributed by atoms with Crippen LogP contribution in [0.25, 0.3) is 11.1 Å². The van der Waals surface area contributed by atoms with E-state index in [4.69, 9.17) is 9.47 Å². The first-order chi connectivity index (χ1) is 23.0. The van der Waals surface area contributed by atoms with E-state index in [0.717, 1.165) is 49.9 Å². The van der Waals surface area contributed by atoms with Crippen molar-refractivity contribution in [1.29, 1.82) is 0 Å². The van der Waals surface area contributed by atoms with Crippen molar-refractivity contribution in [3.8, 4) is 11.1 Å². The van der Waals surface area contributed by atoms with E-state index >= 15 is 0 Å². The van der Waals surface area contributed by atoms with Gasteiger partial charge in [-0.05, 0) is 33.4 Å². The van der Waals surface area contributed by atoms with Crippen LogP contribution >= 0.6 is 11.8 Å². The van der Waals surface area contributed by atoms with Gasteiger partial charge in [0.25, 0.3) is 0 Å². The van der Waals surface area contributed by atoms with Crippen LogP contribution in [-0.4, -0.2) is 32.5 Å². The quantitative estimate of drug-likeness (QED) is 0.132. The second kappa shape index (κ2) is 15.5. The number of benzene rings is 4. The van der Waals surface area contributed by atoms with Crippen molar-refractivity contribution >= 4 is 17.8 Å². The Kier molecular flexibility index (Phi) is 10.7. The van der Waals surface area contributed by atoms with Crippen LogP contribution < -0.4 is 10.6 Å². The van der Waals surface area contributed by atoms with Crippen molar-refractivity contribution in [2.24, 2.45) is 13.0 Å². The van der Waals surface area contributed by atoms with Crippen LogP contribution in [0.4, 0.5) is 4.79 Å². The summed E-state index contributed by atoms with van der Waals surface area (Å²) in [7, 11) is 1.99. The summed E-state index contributed by atoms with van der Waals surface area (Å²) >= 11 is 1.68. The molecular weight excluding hydrogens is 609 g/mol. The van der Waals surface area contributed by atoms with E-state index in [1.807, 2.05) is 96.8 Å². The maximum absolute atomic E-state index is 12.5. The number of aliphatic hydroxyl groups excluding tert-OH is 1. The first-order valence-electron chi connectivity index (χ1n) is 15.8. The number of ether oxygens (including phenoxy) is 2. The van der Waals surface area contributed by atoms with E-state index in [1.54, 1.807) is 11.8 Å². The van der Waals surface area contributed by atoms with Crippen molar-refractivity contribution < 1.29 is 19.4 Å². The Hall–Kier alpha value is -4.41. The van der Waals surface area contributed by atoms with Gasteiger partial charge in [-0.2, -0.15) is 0 Å². The molecule has 4 atom stereocenters. The zero-order valence-corrected chi connectivity index (χ0v) is 27.4. The average Bonchev–Trinajstić information content (AvgIpc) is 3.54. The van der Waals surface area contributed by atoms with Gasteiger partial charge in [0, 0.05) is 49.8 Å². The third-order valence-corrected chi connectivity index (χ3v) is 9.67. The minimum atomic E-state index is -0.556. The monoisotopic (exact) mass is 648 g/mol. The van der Waals surface area contributed by atoms with Crippen LogP contribution in [0.3, 0.4) is 0 Å². The molecule has 1 aliphatic heterocycles. The highest BCUT2D eigenvalue weighted by molar-refractivity contribution is 7.99. The molecule has 0 radical (unpaired) electrons. The van der Waals surface area contributed by atoms with Gasteiger partial charge in [-0.15, -0.1) is 0 Å². The summed E-state index contributed by atoms with van der Waals surface area (Å²) in [4.78, 5) is 17.0. The number of nitrogens with zero attached hydrogens (tertiary/aromatic N) is 2. The van der Waals surface area contributed by atoms with Crippen LogP contribution in [0.2, 0.25) is 0 Å². The smallest absolute Gasteiger partial charge is 0.315 e. The van der Waals surface area contributed by atoms with E-state index in [9.17, 15) is 9.90 Å². The number of aryl methyl sites for hydroxylation is 1. The largest absolute Gasteiger partial charge is 0.392 e. The second-order valence-corrected chi connectivity index (χ2v) is 12.7. The van der Waals surface area contributed by atoms with Gasteiger partial charge in [-0.25, -0.2) is 9.78 Å². The highest BCUT2D eigenvalue weighted by atomic mass is 32.2. The minimum Gasteiger partial charge on any atom is -0.392 e. The number of amides is 2. The first-order valence-corrected chi connectivity index (χ1v) is 16.8. The molecule has 5 aromatic rings. The number of imidazole rings is 1. The maximum atomic E-state index is 12.5. The molecule has 6 rings (SSSR count). The summed E-state index contributed by atoms with van der Waals surface area (Å²) in [6.07, 6.45) is 2.92. The molecule has 8 nitrogen and oxygen atoms in total. The Balaban J connectivity index is 1.16. The summed E-state index contributed by atoms with van der Waals surface area (Å²) in [5.41, 5.74) is 7.01. The lowest BCUT2D eigenvalue weighted by molar-refractivity contribution is -0.268. The molecule has 0 saturated carbocycles. The van der Waals surface area contributed by atoms with Gasteiger partial charge in [0.15, 0.2) is 11.4 Å². The molecule has 0 spiro atoms. The molecule has 9 heteroatoms. The fourth-order valence-electron chi connectivity index (χ4n) is 5.75. The molecule has 0 bridgehead atoms. The van der Waals surface area contributed by atoms with Gasteiger partial charge in [-0.3, -0.25) is 0 Å². The van der Waals surface area contributed by atoms with E-state index in [0.29, 0.717) is 13.1 Å². The number of urea groups is 1. The maximum Gasteiger partial charge on any atom is 0.315 e. The van der Waals surface area contributed by atoms with Crippen LogP contribution in [0.5, 0.6) is 0 Å². The molecule has 2 heterocycles. The number of nitrogens with one attached hydrogen (secondary N) is 2. The van der Waals surface area contributed by atoms with Crippen molar-refractivity contribution in [2.75, 3.05) is 5.75 Å². The predicted molar refractivity (Wildman–Crippen MR) is 184 cm³/mol. The number of carbonyl (C=O) groups is 1. The molecule has 1 aliphatic rings.